The van der Waals surface area contributed by atoms with Crippen molar-refractivity contribution in [3.8, 4) is 0 Å². The van der Waals surface area contributed by atoms with Crippen LogP contribution in [0.5, 0.6) is 0 Å². The van der Waals surface area contributed by atoms with Gasteiger partial charge in [0.1, 0.15) is 6.54 Å². The van der Waals surface area contributed by atoms with Gasteiger partial charge in [-0.1, -0.05) is 31.5 Å². The third-order valence-electron chi connectivity index (χ3n) is 2.89. The van der Waals surface area contributed by atoms with Gasteiger partial charge in [-0.25, -0.2) is 4.79 Å². The number of carboxylic acids is 1. The molecule has 0 aliphatic carbocycles. The van der Waals surface area contributed by atoms with Crippen molar-refractivity contribution in [2.24, 2.45) is 5.92 Å². The maximum Gasteiger partial charge on any atom is 0.324 e. The number of hydrogen-bond acceptors (Lipinski definition) is 2. The van der Waals surface area contributed by atoms with Crippen LogP contribution in [0.4, 0.5) is 10.5 Å². The number of carbonyl (C=O) groups excluding carboxylic acids is 1. The molecule has 1 N–H and O–H groups in total. The average molecular weight is 278 g/mol. The Morgan fingerprint density at radius 2 is 1.75 bits per heavy atom. The van der Waals surface area contributed by atoms with E-state index in [0.29, 0.717) is 6.54 Å². The Balaban J connectivity index is 2.87. The van der Waals surface area contributed by atoms with Crippen LogP contribution in [0.1, 0.15) is 19.4 Å². The number of aryl methyl sites for hydroxylation is 1. The molecule has 2 amide bonds. The number of nitrogens with zero attached hydrogens (tertiary/aromatic N) is 2. The fourth-order valence-electron chi connectivity index (χ4n) is 1.91. The highest BCUT2D eigenvalue weighted by atomic mass is 16.4. The van der Waals surface area contributed by atoms with Crippen molar-refractivity contribution in [1.29, 1.82) is 0 Å². The van der Waals surface area contributed by atoms with Crippen LogP contribution < -0.4 is 4.90 Å². The third-order valence-corrected chi connectivity index (χ3v) is 2.89. The van der Waals surface area contributed by atoms with E-state index in [1.165, 1.54) is 9.80 Å². The Bertz CT molecular complexity index is 469. The van der Waals surface area contributed by atoms with Crippen molar-refractivity contribution in [2.45, 2.75) is 20.8 Å². The second kappa shape index (κ2) is 6.93. The second-order valence-electron chi connectivity index (χ2n) is 5.35. The smallest absolute Gasteiger partial charge is 0.324 e. The molecule has 0 fully saturated rings. The van der Waals surface area contributed by atoms with Crippen molar-refractivity contribution < 1.29 is 14.7 Å². The summed E-state index contributed by atoms with van der Waals surface area (Å²) in [7, 11) is 1.65. The summed E-state index contributed by atoms with van der Waals surface area (Å²) in [6.45, 7) is 6.01. The quantitative estimate of drug-likeness (QED) is 0.900. The summed E-state index contributed by atoms with van der Waals surface area (Å²) in [6, 6.07) is 7.24. The summed E-state index contributed by atoms with van der Waals surface area (Å²) in [5.74, 6) is -0.791. The molecule has 0 bridgehead atoms. The molecular formula is C15H22N2O3. The standard InChI is InChI=1S/C15H22N2O3/c1-11(2)9-17(10-14(18)19)15(20)16(4)13-7-5-12(3)6-8-13/h5-8,11H,9-10H2,1-4H3,(H,18,19). The molecule has 20 heavy (non-hydrogen) atoms. The normalized spacial score (nSPS) is 10.4. The lowest BCUT2D eigenvalue weighted by atomic mass is 10.2. The van der Waals surface area contributed by atoms with Crippen LogP contribution in [-0.2, 0) is 4.79 Å². The van der Waals surface area contributed by atoms with Gasteiger partial charge in [0.25, 0.3) is 0 Å². The molecule has 1 aromatic rings. The highest BCUT2D eigenvalue weighted by Gasteiger charge is 2.22. The Labute approximate surface area is 119 Å². The number of hydrogen-bond donors (Lipinski definition) is 1. The maximum absolute atomic E-state index is 12.4. The van der Waals surface area contributed by atoms with Gasteiger partial charge in [0.2, 0.25) is 0 Å². The summed E-state index contributed by atoms with van der Waals surface area (Å²) in [5, 5.41) is 8.92. The summed E-state index contributed by atoms with van der Waals surface area (Å²) in [4.78, 5) is 26.1. The zero-order chi connectivity index (χ0) is 15.3. The van der Waals surface area contributed by atoms with E-state index in [4.69, 9.17) is 5.11 Å². The molecule has 0 heterocycles. The van der Waals surface area contributed by atoms with Gasteiger partial charge < -0.3 is 10.0 Å². The first-order valence-corrected chi connectivity index (χ1v) is 6.62. The monoisotopic (exact) mass is 278 g/mol. The molecule has 0 spiro atoms. The number of rotatable bonds is 5. The molecule has 110 valence electrons. The highest BCUT2D eigenvalue weighted by molar-refractivity contribution is 5.93. The number of carboxylic acid groups (broad SMARTS) is 1. The fourth-order valence-corrected chi connectivity index (χ4v) is 1.91. The van der Waals surface area contributed by atoms with Crippen LogP contribution >= 0.6 is 0 Å². The van der Waals surface area contributed by atoms with Gasteiger partial charge in [0.15, 0.2) is 0 Å². The van der Waals surface area contributed by atoms with E-state index in [9.17, 15) is 9.59 Å². The second-order valence-corrected chi connectivity index (χ2v) is 5.35. The molecule has 1 rings (SSSR count). The minimum atomic E-state index is -1.00. The molecule has 1 aromatic carbocycles. The van der Waals surface area contributed by atoms with E-state index in [-0.39, 0.29) is 18.5 Å². The van der Waals surface area contributed by atoms with Gasteiger partial charge in [0.05, 0.1) is 0 Å². The Morgan fingerprint density at radius 1 is 1.20 bits per heavy atom. The number of urea groups is 1. The van der Waals surface area contributed by atoms with Crippen molar-refractivity contribution >= 4 is 17.7 Å². The molecule has 0 aromatic heterocycles. The van der Waals surface area contributed by atoms with Gasteiger partial charge in [0, 0.05) is 19.3 Å². The van der Waals surface area contributed by atoms with Crippen molar-refractivity contribution in [2.75, 3.05) is 25.0 Å². The number of amides is 2. The molecule has 0 radical (unpaired) electrons. The van der Waals surface area contributed by atoms with Crippen LogP contribution in [0, 0.1) is 12.8 Å². The Morgan fingerprint density at radius 3 is 2.20 bits per heavy atom. The van der Waals surface area contributed by atoms with Gasteiger partial charge in [-0.15, -0.1) is 0 Å². The van der Waals surface area contributed by atoms with Crippen LogP contribution in [0.3, 0.4) is 0 Å². The highest BCUT2D eigenvalue weighted by Crippen LogP contribution is 2.15. The fraction of sp³-hybridized carbons (Fsp3) is 0.467. The number of carbonyl (C=O) groups is 2. The predicted molar refractivity (Wildman–Crippen MR) is 79.0 cm³/mol. The van der Waals surface area contributed by atoms with Crippen molar-refractivity contribution in [3.63, 3.8) is 0 Å². The lowest BCUT2D eigenvalue weighted by Gasteiger charge is -2.28. The third kappa shape index (κ3) is 4.57. The largest absolute Gasteiger partial charge is 0.480 e. The van der Waals surface area contributed by atoms with E-state index < -0.39 is 5.97 Å². The van der Waals surface area contributed by atoms with Crippen LogP contribution in [0.2, 0.25) is 0 Å². The number of benzene rings is 1. The van der Waals surface area contributed by atoms with E-state index in [2.05, 4.69) is 0 Å². The van der Waals surface area contributed by atoms with Gasteiger partial charge in [-0.3, -0.25) is 9.69 Å². The van der Waals surface area contributed by atoms with E-state index in [0.717, 1.165) is 11.3 Å². The maximum atomic E-state index is 12.4. The molecular weight excluding hydrogens is 256 g/mol. The van der Waals surface area contributed by atoms with Crippen LogP contribution in [0.25, 0.3) is 0 Å². The van der Waals surface area contributed by atoms with Crippen LogP contribution in [-0.4, -0.2) is 42.1 Å². The first kappa shape index (κ1) is 16.0. The molecule has 0 unspecified atom stereocenters. The Kier molecular flexibility index (Phi) is 5.55. The molecule has 0 saturated carbocycles. The number of aliphatic carboxylic acids is 1. The van der Waals surface area contributed by atoms with E-state index >= 15 is 0 Å². The lowest BCUT2D eigenvalue weighted by molar-refractivity contribution is -0.137. The van der Waals surface area contributed by atoms with Crippen LogP contribution in [0.15, 0.2) is 24.3 Å². The van der Waals surface area contributed by atoms with Gasteiger partial charge >= 0.3 is 12.0 Å². The van der Waals surface area contributed by atoms with E-state index in [1.807, 2.05) is 45.0 Å². The molecule has 0 atom stereocenters. The first-order valence-electron chi connectivity index (χ1n) is 6.62. The minimum Gasteiger partial charge on any atom is -0.480 e. The average Bonchev–Trinajstić information content (AvgIpc) is 2.36. The molecule has 5 nitrogen and oxygen atoms in total. The molecule has 0 saturated heterocycles. The first-order chi connectivity index (χ1) is 9.31. The minimum absolute atomic E-state index is 0.213. The molecule has 0 aliphatic heterocycles. The van der Waals surface area contributed by atoms with Crippen molar-refractivity contribution in [1.82, 2.24) is 4.90 Å². The summed E-state index contributed by atoms with van der Waals surface area (Å²) in [6.07, 6.45) is 0. The zero-order valence-corrected chi connectivity index (χ0v) is 12.5. The summed E-state index contributed by atoms with van der Waals surface area (Å²) in [5.41, 5.74) is 1.86. The van der Waals surface area contributed by atoms with E-state index in [1.54, 1.807) is 7.05 Å². The Hall–Kier alpha value is -2.04. The van der Waals surface area contributed by atoms with Gasteiger partial charge in [-0.2, -0.15) is 0 Å². The predicted octanol–water partition coefficient (Wildman–Crippen LogP) is 2.59. The molecule has 0 aliphatic rings. The lowest BCUT2D eigenvalue weighted by Crippen LogP contribution is -2.45. The van der Waals surface area contributed by atoms with Gasteiger partial charge in [-0.05, 0) is 25.0 Å². The van der Waals surface area contributed by atoms with Crippen molar-refractivity contribution in [3.05, 3.63) is 29.8 Å². The summed E-state index contributed by atoms with van der Waals surface area (Å²) >= 11 is 0. The zero-order valence-electron chi connectivity index (χ0n) is 12.5. The SMILES string of the molecule is Cc1ccc(N(C)C(=O)N(CC(=O)O)CC(C)C)cc1. The summed E-state index contributed by atoms with van der Waals surface area (Å²) < 4.78 is 0. The number of anilines is 1. The molecule has 5 heteroatoms. The topological polar surface area (TPSA) is 60.9 Å².